The Morgan fingerprint density at radius 2 is 2.22 bits per heavy atom. The minimum Gasteiger partial charge on any atom is -0.370 e. The van der Waals surface area contributed by atoms with Crippen LogP contribution in [0.4, 0.5) is 11.6 Å². The van der Waals surface area contributed by atoms with E-state index in [1.165, 1.54) is 12.8 Å². The topological polar surface area (TPSA) is 61.9 Å². The second-order valence-electron chi connectivity index (χ2n) is 4.53. The van der Waals surface area contributed by atoms with E-state index in [2.05, 4.69) is 32.5 Å². The Morgan fingerprint density at radius 1 is 1.39 bits per heavy atom. The zero-order valence-corrected chi connectivity index (χ0v) is 10.7. The molecule has 2 heterocycles. The highest BCUT2D eigenvalue weighted by Gasteiger charge is 2.13. The van der Waals surface area contributed by atoms with Crippen molar-refractivity contribution in [3.05, 3.63) is 25.0 Å². The maximum Gasteiger partial charge on any atom is 0.131 e. The molecule has 1 aliphatic rings. The third-order valence-electron chi connectivity index (χ3n) is 3.12. The lowest BCUT2D eigenvalue weighted by Crippen LogP contribution is -2.13. The highest BCUT2D eigenvalue weighted by Crippen LogP contribution is 2.13. The third-order valence-corrected chi connectivity index (χ3v) is 3.12. The molecule has 0 aromatic carbocycles. The van der Waals surface area contributed by atoms with Crippen molar-refractivity contribution in [3.63, 3.8) is 0 Å². The molecule has 1 aliphatic heterocycles. The SMILES string of the molecule is C=CCNc1cc(NCCC2CCNC2)ncn1. The molecule has 5 nitrogen and oxygen atoms in total. The predicted molar refractivity (Wildman–Crippen MR) is 74.8 cm³/mol. The molecule has 1 saturated heterocycles. The van der Waals surface area contributed by atoms with Crippen molar-refractivity contribution < 1.29 is 0 Å². The molecule has 18 heavy (non-hydrogen) atoms. The minimum atomic E-state index is 0.712. The molecule has 1 aromatic heterocycles. The van der Waals surface area contributed by atoms with E-state index >= 15 is 0 Å². The summed E-state index contributed by atoms with van der Waals surface area (Å²) >= 11 is 0. The lowest BCUT2D eigenvalue weighted by Gasteiger charge is -2.10. The number of hydrogen-bond acceptors (Lipinski definition) is 5. The van der Waals surface area contributed by atoms with Crippen molar-refractivity contribution in [2.24, 2.45) is 5.92 Å². The first kappa shape index (κ1) is 12.8. The summed E-state index contributed by atoms with van der Waals surface area (Å²) in [4.78, 5) is 8.35. The van der Waals surface area contributed by atoms with Crippen molar-refractivity contribution >= 4 is 11.6 Å². The van der Waals surface area contributed by atoms with Crippen LogP contribution in [0.25, 0.3) is 0 Å². The van der Waals surface area contributed by atoms with Crippen molar-refractivity contribution in [1.29, 1.82) is 0 Å². The number of aromatic nitrogens is 2. The average molecular weight is 247 g/mol. The number of hydrogen-bond donors (Lipinski definition) is 3. The van der Waals surface area contributed by atoms with Crippen molar-refractivity contribution in [2.45, 2.75) is 12.8 Å². The normalized spacial score (nSPS) is 18.6. The van der Waals surface area contributed by atoms with E-state index in [1.54, 1.807) is 6.33 Å². The highest BCUT2D eigenvalue weighted by atomic mass is 15.1. The lowest BCUT2D eigenvalue weighted by molar-refractivity contribution is 0.549. The quantitative estimate of drug-likeness (QED) is 0.637. The summed E-state index contributed by atoms with van der Waals surface area (Å²) in [5, 5.41) is 9.87. The monoisotopic (exact) mass is 247 g/mol. The molecule has 0 aliphatic carbocycles. The highest BCUT2D eigenvalue weighted by molar-refractivity contribution is 5.46. The van der Waals surface area contributed by atoms with Gasteiger partial charge in [-0.3, -0.25) is 0 Å². The molecule has 5 heteroatoms. The fraction of sp³-hybridized carbons (Fsp3) is 0.538. The van der Waals surface area contributed by atoms with Gasteiger partial charge in [-0.1, -0.05) is 6.08 Å². The van der Waals surface area contributed by atoms with Crippen molar-refractivity contribution in [2.75, 3.05) is 36.8 Å². The maximum absolute atomic E-state index is 4.21. The zero-order chi connectivity index (χ0) is 12.6. The van der Waals surface area contributed by atoms with Crippen LogP contribution >= 0.6 is 0 Å². The number of anilines is 2. The Balaban J connectivity index is 1.75. The van der Waals surface area contributed by atoms with E-state index in [0.29, 0.717) is 6.54 Å². The molecule has 0 amide bonds. The van der Waals surface area contributed by atoms with Crippen LogP contribution in [0.15, 0.2) is 25.0 Å². The summed E-state index contributed by atoms with van der Waals surface area (Å²) in [5.74, 6) is 2.51. The largest absolute Gasteiger partial charge is 0.370 e. The van der Waals surface area contributed by atoms with Crippen LogP contribution in [0.3, 0.4) is 0 Å². The van der Waals surface area contributed by atoms with Crippen LogP contribution in [0.2, 0.25) is 0 Å². The maximum atomic E-state index is 4.21. The minimum absolute atomic E-state index is 0.712. The fourth-order valence-corrected chi connectivity index (χ4v) is 2.09. The lowest BCUT2D eigenvalue weighted by atomic mass is 10.1. The molecule has 0 radical (unpaired) electrons. The summed E-state index contributed by atoms with van der Waals surface area (Å²) in [7, 11) is 0. The van der Waals surface area contributed by atoms with Gasteiger partial charge in [-0.05, 0) is 31.8 Å². The first-order valence-corrected chi connectivity index (χ1v) is 6.50. The van der Waals surface area contributed by atoms with E-state index in [-0.39, 0.29) is 0 Å². The van der Waals surface area contributed by atoms with Crippen LogP contribution in [0, 0.1) is 5.92 Å². The number of rotatable bonds is 7. The molecule has 1 aromatic rings. The number of nitrogens with one attached hydrogen (secondary N) is 3. The Hall–Kier alpha value is -1.62. The average Bonchev–Trinajstić information content (AvgIpc) is 2.90. The van der Waals surface area contributed by atoms with Gasteiger partial charge in [0.2, 0.25) is 0 Å². The molecule has 0 spiro atoms. The van der Waals surface area contributed by atoms with Gasteiger partial charge in [-0.15, -0.1) is 6.58 Å². The van der Waals surface area contributed by atoms with E-state index in [0.717, 1.165) is 37.2 Å². The van der Waals surface area contributed by atoms with Gasteiger partial charge in [0.1, 0.15) is 18.0 Å². The van der Waals surface area contributed by atoms with Gasteiger partial charge in [-0.25, -0.2) is 9.97 Å². The Kier molecular flexibility index (Phi) is 4.96. The Morgan fingerprint density at radius 3 is 2.94 bits per heavy atom. The van der Waals surface area contributed by atoms with E-state index in [4.69, 9.17) is 0 Å². The Labute approximate surface area is 108 Å². The van der Waals surface area contributed by atoms with Crippen LogP contribution in [-0.2, 0) is 0 Å². The molecule has 1 atom stereocenters. The molecule has 1 fully saturated rings. The second-order valence-corrected chi connectivity index (χ2v) is 4.53. The molecule has 3 N–H and O–H groups in total. The van der Waals surface area contributed by atoms with E-state index in [9.17, 15) is 0 Å². The molecular weight excluding hydrogens is 226 g/mol. The zero-order valence-electron chi connectivity index (χ0n) is 10.7. The molecule has 2 rings (SSSR count). The van der Waals surface area contributed by atoms with E-state index < -0.39 is 0 Å². The first-order chi connectivity index (χ1) is 8.88. The predicted octanol–water partition coefficient (Wildman–Crippen LogP) is 1.49. The van der Waals surface area contributed by atoms with Gasteiger partial charge < -0.3 is 16.0 Å². The Bertz CT molecular complexity index is 373. The van der Waals surface area contributed by atoms with Gasteiger partial charge >= 0.3 is 0 Å². The fourth-order valence-electron chi connectivity index (χ4n) is 2.09. The summed E-state index contributed by atoms with van der Waals surface area (Å²) in [5.41, 5.74) is 0. The van der Waals surface area contributed by atoms with Crippen LogP contribution in [0.1, 0.15) is 12.8 Å². The summed E-state index contributed by atoms with van der Waals surface area (Å²) in [6.45, 7) is 7.65. The molecule has 98 valence electrons. The standard InChI is InChI=1S/C13H21N5/c1-2-5-15-12-8-13(18-10-17-12)16-7-4-11-3-6-14-9-11/h2,8,10-11,14H,1,3-7,9H2,(H2,15,16,17,18). The van der Waals surface area contributed by atoms with Gasteiger partial charge in [0.05, 0.1) is 0 Å². The second kappa shape index (κ2) is 6.96. The van der Waals surface area contributed by atoms with Crippen LogP contribution in [0.5, 0.6) is 0 Å². The molecular formula is C13H21N5. The van der Waals surface area contributed by atoms with Gasteiger partial charge in [0.25, 0.3) is 0 Å². The summed E-state index contributed by atoms with van der Waals surface area (Å²) < 4.78 is 0. The van der Waals surface area contributed by atoms with Gasteiger partial charge in [0, 0.05) is 19.2 Å². The van der Waals surface area contributed by atoms with Crippen LogP contribution in [-0.4, -0.2) is 36.1 Å². The molecule has 0 saturated carbocycles. The summed E-state index contributed by atoms with van der Waals surface area (Å²) in [6.07, 6.45) is 5.86. The smallest absolute Gasteiger partial charge is 0.131 e. The van der Waals surface area contributed by atoms with Crippen molar-refractivity contribution in [3.8, 4) is 0 Å². The van der Waals surface area contributed by atoms with E-state index in [1.807, 2.05) is 12.1 Å². The third kappa shape index (κ3) is 4.00. The van der Waals surface area contributed by atoms with Crippen LogP contribution < -0.4 is 16.0 Å². The van der Waals surface area contributed by atoms with Crippen molar-refractivity contribution in [1.82, 2.24) is 15.3 Å². The first-order valence-electron chi connectivity index (χ1n) is 6.50. The van der Waals surface area contributed by atoms with Gasteiger partial charge in [-0.2, -0.15) is 0 Å². The van der Waals surface area contributed by atoms with Gasteiger partial charge in [0.15, 0.2) is 0 Å². The number of nitrogens with zero attached hydrogens (tertiary/aromatic N) is 2. The summed E-state index contributed by atoms with van der Waals surface area (Å²) in [6, 6.07) is 1.93. The molecule has 0 bridgehead atoms. The molecule has 1 unspecified atom stereocenters.